The van der Waals surface area contributed by atoms with Crippen LogP contribution in [0.3, 0.4) is 0 Å². The molecule has 12 heteroatoms. The number of rotatable bonds is 8. The van der Waals surface area contributed by atoms with E-state index >= 15 is 0 Å². The van der Waals surface area contributed by atoms with E-state index in [-0.39, 0.29) is 22.0 Å². The Bertz CT molecular complexity index is 1190. The van der Waals surface area contributed by atoms with Gasteiger partial charge < -0.3 is 4.74 Å². The van der Waals surface area contributed by atoms with Crippen molar-refractivity contribution >= 4 is 45.0 Å². The number of nitrogens with one attached hydrogen (secondary N) is 2. The third-order valence-corrected chi connectivity index (χ3v) is 7.13. The van der Waals surface area contributed by atoms with Crippen molar-refractivity contribution in [3.05, 3.63) is 53.1 Å². The predicted molar refractivity (Wildman–Crippen MR) is 121 cm³/mol. The third-order valence-electron chi connectivity index (χ3n) is 5.02. The molecule has 3 amide bonds. The summed E-state index contributed by atoms with van der Waals surface area (Å²) in [6, 6.07) is 9.71. The first-order chi connectivity index (χ1) is 15.5. The summed E-state index contributed by atoms with van der Waals surface area (Å²) in [6.45, 7) is 1.34. The molecule has 176 valence electrons. The number of likely N-dealkylation sites (N-methyl/N-ethyl adjacent to an activating group) is 1. The molecule has 1 heterocycles. The molecule has 1 fully saturated rings. The number of hydrazine groups is 1. The van der Waals surface area contributed by atoms with Gasteiger partial charge in [0.1, 0.15) is 11.8 Å². The number of halogens is 1. The molecule has 0 saturated carbocycles. The number of carbonyl (C=O) groups is 3. The summed E-state index contributed by atoms with van der Waals surface area (Å²) in [5, 5.41) is 0.234. The zero-order valence-corrected chi connectivity index (χ0v) is 19.7. The maximum atomic E-state index is 12.7. The number of amides is 3. The molecule has 0 bridgehead atoms. The van der Waals surface area contributed by atoms with E-state index < -0.39 is 40.3 Å². The Hall–Kier alpha value is -2.99. The zero-order valence-electron chi connectivity index (χ0n) is 18.2. The van der Waals surface area contributed by atoms with Gasteiger partial charge in [-0.25, -0.2) is 18.7 Å². The molecule has 0 unspecified atom stereocenters. The van der Waals surface area contributed by atoms with Gasteiger partial charge >= 0.3 is 0 Å². The van der Waals surface area contributed by atoms with E-state index in [9.17, 15) is 22.8 Å². The molecule has 0 aromatic heterocycles. The highest BCUT2D eigenvalue weighted by molar-refractivity contribution is 7.89. The van der Waals surface area contributed by atoms with Gasteiger partial charge in [0.2, 0.25) is 21.8 Å². The molecular formula is C21H23ClN4O6S. The Morgan fingerprint density at radius 2 is 1.88 bits per heavy atom. The maximum Gasteiger partial charge on any atom is 0.253 e. The van der Waals surface area contributed by atoms with Crippen LogP contribution in [0.4, 0.5) is 5.69 Å². The number of hydrogen-bond donors (Lipinski definition) is 2. The first-order valence-electron chi connectivity index (χ1n) is 9.82. The fraction of sp³-hybridized carbons (Fsp3) is 0.286. The molecule has 1 atom stereocenters. The fourth-order valence-electron chi connectivity index (χ4n) is 3.19. The molecule has 0 spiro atoms. The first-order valence-corrected chi connectivity index (χ1v) is 11.6. The number of imide groups is 1. The van der Waals surface area contributed by atoms with Gasteiger partial charge in [-0.1, -0.05) is 29.3 Å². The molecule has 1 aliphatic heterocycles. The van der Waals surface area contributed by atoms with E-state index in [1.165, 1.54) is 44.5 Å². The highest BCUT2D eigenvalue weighted by Crippen LogP contribution is 2.31. The number of nitrogens with zero attached hydrogens (tertiary/aromatic N) is 2. The Morgan fingerprint density at radius 3 is 2.48 bits per heavy atom. The highest BCUT2D eigenvalue weighted by atomic mass is 35.5. The van der Waals surface area contributed by atoms with E-state index in [0.717, 1.165) is 14.8 Å². The van der Waals surface area contributed by atoms with E-state index in [0.29, 0.717) is 5.75 Å². The topological polar surface area (TPSA) is 125 Å². The predicted octanol–water partition coefficient (Wildman–Crippen LogP) is 1.23. The van der Waals surface area contributed by atoms with E-state index in [1.54, 1.807) is 12.1 Å². The second kappa shape index (κ2) is 9.87. The average molecular weight is 495 g/mol. The van der Waals surface area contributed by atoms with Crippen molar-refractivity contribution in [3.63, 3.8) is 0 Å². The van der Waals surface area contributed by atoms with Crippen LogP contribution in [-0.4, -0.2) is 57.2 Å². The number of carbonyl (C=O) groups excluding carboxylic acids is 3. The number of hydrogen-bond acceptors (Lipinski definition) is 7. The summed E-state index contributed by atoms with van der Waals surface area (Å²) in [6.07, 6.45) is -0.194. The van der Waals surface area contributed by atoms with Crippen LogP contribution in [0.5, 0.6) is 5.75 Å². The van der Waals surface area contributed by atoms with E-state index in [1.807, 2.05) is 6.92 Å². The second-order valence-corrected chi connectivity index (χ2v) is 9.86. The molecule has 0 radical (unpaired) electrons. The van der Waals surface area contributed by atoms with Crippen LogP contribution >= 0.6 is 11.6 Å². The average Bonchev–Trinajstić information content (AvgIpc) is 3.05. The lowest BCUT2D eigenvalue weighted by molar-refractivity contribution is -0.123. The zero-order chi connectivity index (χ0) is 24.3. The molecule has 2 aromatic carbocycles. The van der Waals surface area contributed by atoms with Gasteiger partial charge in [0.15, 0.2) is 0 Å². The number of benzene rings is 2. The third kappa shape index (κ3) is 5.33. The van der Waals surface area contributed by atoms with Crippen molar-refractivity contribution in [1.29, 1.82) is 0 Å². The maximum absolute atomic E-state index is 12.7. The minimum absolute atomic E-state index is 0.0571. The molecule has 0 aliphatic carbocycles. The van der Waals surface area contributed by atoms with Crippen molar-refractivity contribution < 1.29 is 27.5 Å². The summed E-state index contributed by atoms with van der Waals surface area (Å²) >= 11 is 6.08. The summed E-state index contributed by atoms with van der Waals surface area (Å²) < 4.78 is 31.2. The van der Waals surface area contributed by atoms with Crippen LogP contribution in [0, 0.1) is 6.92 Å². The van der Waals surface area contributed by atoms with Crippen molar-refractivity contribution in [2.45, 2.75) is 24.3 Å². The van der Waals surface area contributed by atoms with Crippen LogP contribution in [0.2, 0.25) is 5.02 Å². The van der Waals surface area contributed by atoms with Gasteiger partial charge in [-0.05, 0) is 37.3 Å². The lowest BCUT2D eigenvalue weighted by Gasteiger charge is -2.19. The molecule has 1 aliphatic rings. The van der Waals surface area contributed by atoms with Gasteiger partial charge in [0.25, 0.3) is 5.91 Å². The van der Waals surface area contributed by atoms with Crippen molar-refractivity contribution in [1.82, 2.24) is 15.2 Å². The normalized spacial score (nSPS) is 16.4. The van der Waals surface area contributed by atoms with E-state index in [4.69, 9.17) is 16.3 Å². The Morgan fingerprint density at radius 1 is 1.21 bits per heavy atom. The van der Waals surface area contributed by atoms with Crippen molar-refractivity contribution in [2.75, 3.05) is 25.6 Å². The van der Waals surface area contributed by atoms with Crippen LogP contribution in [0.15, 0.2) is 47.4 Å². The SMILES string of the molecule is COc1ccc(N2C(=O)C[C@@H](NNC(=O)CN(C)S(=O)(=O)c3ccc(C)cc3)C2=O)cc1Cl. The smallest absolute Gasteiger partial charge is 0.253 e. The van der Waals surface area contributed by atoms with Crippen molar-refractivity contribution in [3.8, 4) is 5.75 Å². The molecule has 3 rings (SSSR count). The summed E-state index contributed by atoms with van der Waals surface area (Å²) in [4.78, 5) is 38.4. The number of methoxy groups -OCH3 is 1. The monoisotopic (exact) mass is 494 g/mol. The minimum Gasteiger partial charge on any atom is -0.495 e. The molecule has 2 N–H and O–H groups in total. The standard InChI is InChI=1S/C21H23ClN4O6S/c1-13-4-7-15(8-5-13)33(30,31)25(2)12-19(27)24-23-17-11-20(28)26(21(17)29)14-6-9-18(32-3)16(22)10-14/h4-10,17,23H,11-12H2,1-3H3,(H,24,27)/t17-/m1/s1. The van der Waals surface area contributed by atoms with Crippen LogP contribution < -0.4 is 20.5 Å². The molecule has 10 nitrogen and oxygen atoms in total. The lowest BCUT2D eigenvalue weighted by Crippen LogP contribution is -2.51. The van der Waals surface area contributed by atoms with Gasteiger partial charge in [0, 0.05) is 7.05 Å². The number of sulfonamides is 1. The van der Waals surface area contributed by atoms with Crippen molar-refractivity contribution in [2.24, 2.45) is 0 Å². The number of aryl methyl sites for hydroxylation is 1. The highest BCUT2D eigenvalue weighted by Gasteiger charge is 2.40. The van der Waals surface area contributed by atoms with E-state index in [2.05, 4.69) is 10.9 Å². The minimum atomic E-state index is -3.87. The van der Waals surface area contributed by atoms with Crippen LogP contribution in [0.1, 0.15) is 12.0 Å². The van der Waals surface area contributed by atoms with Gasteiger partial charge in [-0.3, -0.25) is 19.8 Å². The lowest BCUT2D eigenvalue weighted by atomic mass is 10.2. The van der Waals surface area contributed by atoms with Gasteiger partial charge in [-0.15, -0.1) is 0 Å². The molecular weight excluding hydrogens is 472 g/mol. The first kappa shape index (κ1) is 24.6. The molecule has 2 aromatic rings. The Balaban J connectivity index is 1.60. The molecule has 33 heavy (non-hydrogen) atoms. The summed E-state index contributed by atoms with van der Waals surface area (Å²) in [7, 11) is -1.15. The summed E-state index contributed by atoms with van der Waals surface area (Å²) in [5.74, 6) is -1.36. The Labute approximate surface area is 196 Å². The summed E-state index contributed by atoms with van der Waals surface area (Å²) in [5.41, 5.74) is 5.99. The number of ether oxygens (including phenoxy) is 1. The quantitative estimate of drug-likeness (QED) is 0.417. The Kier molecular flexibility index (Phi) is 7.38. The largest absolute Gasteiger partial charge is 0.495 e. The van der Waals surface area contributed by atoms with Crippen LogP contribution in [0.25, 0.3) is 0 Å². The van der Waals surface area contributed by atoms with Gasteiger partial charge in [0.05, 0.1) is 35.7 Å². The fourth-order valence-corrected chi connectivity index (χ4v) is 4.57. The number of anilines is 1. The van der Waals surface area contributed by atoms with Crippen LogP contribution in [-0.2, 0) is 24.4 Å². The molecule has 1 saturated heterocycles. The van der Waals surface area contributed by atoms with Gasteiger partial charge in [-0.2, -0.15) is 4.31 Å². The second-order valence-electron chi connectivity index (χ2n) is 7.41.